The first-order valence-electron chi connectivity index (χ1n) is 2.61. The molecule has 4 nitrogen and oxygen atoms in total. The Morgan fingerprint density at radius 3 is 2.60 bits per heavy atom. The summed E-state index contributed by atoms with van der Waals surface area (Å²) in [7, 11) is 0. The molecule has 0 aromatic rings. The third-order valence-electron chi connectivity index (χ3n) is 0.735. The summed E-state index contributed by atoms with van der Waals surface area (Å²) < 4.78 is 0. The van der Waals surface area contributed by atoms with Gasteiger partial charge in [0.2, 0.25) is 0 Å². The smallest absolute Gasteiger partial charge is 0.140 e. The Bertz CT molecular complexity index is 172. The first-order chi connectivity index (χ1) is 4.72. The number of nitrogens with two attached hydrogens (primary N) is 2. The summed E-state index contributed by atoms with van der Waals surface area (Å²) in [5, 5.41) is 16.8. The van der Waals surface area contributed by atoms with Crippen LogP contribution in [-0.4, -0.2) is 17.5 Å². The van der Waals surface area contributed by atoms with Crippen LogP contribution >= 0.6 is 11.8 Å². The zero-order chi connectivity index (χ0) is 7.98. The Hall–Kier alpha value is -0.860. The lowest BCUT2D eigenvalue weighted by Crippen LogP contribution is -2.06. The molecule has 0 aliphatic rings. The molecule has 10 heavy (non-hydrogen) atoms. The predicted molar refractivity (Wildman–Crippen MR) is 40.6 cm³/mol. The van der Waals surface area contributed by atoms with Crippen molar-refractivity contribution in [3.63, 3.8) is 0 Å². The zero-order valence-corrected chi connectivity index (χ0v) is 6.19. The normalized spacial score (nSPS) is 12.0. The number of hydrogen-bond acceptors (Lipinski definition) is 5. The monoisotopic (exact) mass is 159 g/mol. The molecule has 0 bridgehead atoms. The molecule has 0 rings (SSSR count). The summed E-state index contributed by atoms with van der Waals surface area (Å²) in [6.07, 6.45) is 0. The minimum atomic E-state index is 0.0125. The van der Waals surface area contributed by atoms with Gasteiger partial charge >= 0.3 is 0 Å². The van der Waals surface area contributed by atoms with Crippen molar-refractivity contribution < 1.29 is 5.11 Å². The highest BCUT2D eigenvalue weighted by Gasteiger charge is 1.96. The average Bonchev–Trinajstić information content (AvgIpc) is 1.98. The number of aliphatic hydroxyl groups excluding tert-OH is 1. The van der Waals surface area contributed by atoms with Crippen molar-refractivity contribution in [3.05, 3.63) is 10.7 Å². The van der Waals surface area contributed by atoms with Gasteiger partial charge in [-0.1, -0.05) is 0 Å². The third-order valence-corrected chi connectivity index (χ3v) is 1.65. The van der Waals surface area contributed by atoms with E-state index in [1.807, 2.05) is 0 Å². The first kappa shape index (κ1) is 9.14. The summed E-state index contributed by atoms with van der Waals surface area (Å²) in [4.78, 5) is 0. The molecule has 0 aliphatic carbocycles. The minimum absolute atomic E-state index is 0.0125. The molecular formula is C5H9N3OS. The van der Waals surface area contributed by atoms with Crippen molar-refractivity contribution in [3.8, 4) is 6.07 Å². The van der Waals surface area contributed by atoms with Crippen LogP contribution in [0.4, 0.5) is 0 Å². The molecule has 0 unspecified atom stereocenters. The van der Waals surface area contributed by atoms with Gasteiger partial charge in [0, 0.05) is 5.75 Å². The molecule has 0 amide bonds. The Morgan fingerprint density at radius 1 is 1.60 bits per heavy atom. The number of nitrogens with zero attached hydrogens (tertiary/aromatic N) is 1. The fourth-order valence-electron chi connectivity index (χ4n) is 0.288. The van der Waals surface area contributed by atoms with Crippen molar-refractivity contribution in [1.29, 1.82) is 5.26 Å². The predicted octanol–water partition coefficient (Wildman–Crippen LogP) is -0.678. The Kier molecular flexibility index (Phi) is 4.54. The number of nitriles is 1. The summed E-state index contributed by atoms with van der Waals surface area (Å²) >= 11 is 1.17. The van der Waals surface area contributed by atoms with Crippen molar-refractivity contribution >= 4 is 11.8 Å². The fraction of sp³-hybridized carbons (Fsp3) is 0.400. The van der Waals surface area contributed by atoms with E-state index in [1.54, 1.807) is 6.07 Å². The third kappa shape index (κ3) is 3.22. The Labute approximate surface area is 63.5 Å². The maximum Gasteiger partial charge on any atom is 0.140 e. The van der Waals surface area contributed by atoms with E-state index in [9.17, 15) is 0 Å². The van der Waals surface area contributed by atoms with Crippen LogP contribution in [0.2, 0.25) is 0 Å². The summed E-state index contributed by atoms with van der Waals surface area (Å²) in [6, 6.07) is 1.70. The maximum atomic E-state index is 8.35. The van der Waals surface area contributed by atoms with Crippen LogP contribution in [0.5, 0.6) is 0 Å². The van der Waals surface area contributed by atoms with E-state index in [0.717, 1.165) is 0 Å². The molecule has 0 saturated heterocycles. The van der Waals surface area contributed by atoms with Gasteiger partial charge in [0.25, 0.3) is 0 Å². The largest absolute Gasteiger partial charge is 0.396 e. The van der Waals surface area contributed by atoms with Gasteiger partial charge in [0.05, 0.1) is 6.61 Å². The lowest BCUT2D eigenvalue weighted by atomic mass is 10.5. The van der Waals surface area contributed by atoms with E-state index in [1.165, 1.54) is 11.8 Å². The molecule has 5 heteroatoms. The van der Waals surface area contributed by atoms with Gasteiger partial charge in [-0.3, -0.25) is 0 Å². The quantitative estimate of drug-likeness (QED) is 0.474. The number of allylic oxidation sites excluding steroid dienone is 1. The molecule has 0 saturated carbocycles. The van der Waals surface area contributed by atoms with Crippen LogP contribution in [-0.2, 0) is 0 Å². The molecule has 0 aromatic carbocycles. The summed E-state index contributed by atoms with van der Waals surface area (Å²) in [5.74, 6) is 0.466. The van der Waals surface area contributed by atoms with E-state index >= 15 is 0 Å². The van der Waals surface area contributed by atoms with Gasteiger partial charge in [-0.25, -0.2) is 0 Å². The maximum absolute atomic E-state index is 8.35. The topological polar surface area (TPSA) is 96.1 Å². The van der Waals surface area contributed by atoms with Gasteiger partial charge in [-0.15, -0.1) is 11.8 Å². The molecule has 0 aromatic heterocycles. The zero-order valence-electron chi connectivity index (χ0n) is 5.37. The lowest BCUT2D eigenvalue weighted by molar-refractivity contribution is 0.322. The van der Waals surface area contributed by atoms with E-state index in [2.05, 4.69) is 0 Å². The molecule has 56 valence electrons. The van der Waals surface area contributed by atoms with Gasteiger partial charge in [0.15, 0.2) is 0 Å². The number of rotatable bonds is 3. The standard InChI is InChI=1S/C5H9N3OS/c6-3-4(7)5(8)10-2-1-9/h9H,1-2,7-8H2. The fourth-order valence-corrected chi connectivity index (χ4v) is 0.801. The second-order valence-electron chi connectivity index (χ2n) is 1.46. The highest BCUT2D eigenvalue weighted by Crippen LogP contribution is 2.09. The highest BCUT2D eigenvalue weighted by molar-refractivity contribution is 8.03. The summed E-state index contributed by atoms with van der Waals surface area (Å²) in [5.41, 5.74) is 10.5. The van der Waals surface area contributed by atoms with Crippen molar-refractivity contribution in [2.75, 3.05) is 12.4 Å². The van der Waals surface area contributed by atoms with Crippen LogP contribution in [0.15, 0.2) is 10.7 Å². The highest BCUT2D eigenvalue weighted by atomic mass is 32.2. The van der Waals surface area contributed by atoms with Gasteiger partial charge in [-0.05, 0) is 0 Å². The minimum Gasteiger partial charge on any atom is -0.396 e. The van der Waals surface area contributed by atoms with E-state index in [4.69, 9.17) is 21.8 Å². The second kappa shape index (κ2) is 4.97. The Balaban J connectivity index is 3.83. The van der Waals surface area contributed by atoms with E-state index in [-0.39, 0.29) is 17.3 Å². The molecule has 5 N–H and O–H groups in total. The van der Waals surface area contributed by atoms with Crippen molar-refractivity contribution in [1.82, 2.24) is 0 Å². The van der Waals surface area contributed by atoms with Crippen molar-refractivity contribution in [2.45, 2.75) is 0 Å². The van der Waals surface area contributed by atoms with Gasteiger partial charge in [0.1, 0.15) is 16.8 Å². The molecule has 0 atom stereocenters. The van der Waals surface area contributed by atoms with Crippen LogP contribution in [0.1, 0.15) is 0 Å². The van der Waals surface area contributed by atoms with Gasteiger partial charge in [-0.2, -0.15) is 5.26 Å². The number of aliphatic hydroxyl groups is 1. The lowest BCUT2D eigenvalue weighted by Gasteiger charge is -1.97. The second-order valence-corrected chi connectivity index (χ2v) is 2.60. The number of thioether (sulfide) groups is 1. The van der Waals surface area contributed by atoms with Gasteiger partial charge < -0.3 is 16.6 Å². The van der Waals surface area contributed by atoms with Crippen LogP contribution in [0, 0.1) is 11.3 Å². The first-order valence-corrected chi connectivity index (χ1v) is 3.60. The molecule has 0 radical (unpaired) electrons. The Morgan fingerprint density at radius 2 is 2.20 bits per heavy atom. The molecular weight excluding hydrogens is 150 g/mol. The number of hydrogen-bond donors (Lipinski definition) is 3. The van der Waals surface area contributed by atoms with Crippen LogP contribution in [0.3, 0.4) is 0 Å². The molecule has 0 heterocycles. The van der Waals surface area contributed by atoms with E-state index in [0.29, 0.717) is 5.75 Å². The summed E-state index contributed by atoms with van der Waals surface area (Å²) in [6.45, 7) is 0.0318. The SMILES string of the molecule is N#CC(N)=C(N)SCCO. The molecule has 0 spiro atoms. The average molecular weight is 159 g/mol. The van der Waals surface area contributed by atoms with Crippen LogP contribution < -0.4 is 11.5 Å². The van der Waals surface area contributed by atoms with Crippen molar-refractivity contribution in [2.24, 2.45) is 11.5 Å². The molecule has 0 fully saturated rings. The van der Waals surface area contributed by atoms with Crippen LogP contribution in [0.25, 0.3) is 0 Å². The van der Waals surface area contributed by atoms with E-state index < -0.39 is 0 Å². The molecule has 0 aliphatic heterocycles.